The summed E-state index contributed by atoms with van der Waals surface area (Å²) in [5.74, 6) is 0. The lowest BCUT2D eigenvalue weighted by Crippen LogP contribution is -3.00. The van der Waals surface area contributed by atoms with Crippen LogP contribution in [-0.4, -0.2) is 116 Å². The summed E-state index contributed by atoms with van der Waals surface area (Å²) in [6.07, 6.45) is 11.8. The second-order valence-corrected chi connectivity index (χ2v) is 16.2. The summed E-state index contributed by atoms with van der Waals surface area (Å²) in [5, 5.41) is 7.73. The number of azide groups is 2. The molecule has 62 heavy (non-hydrogen) atoms. The largest absolute Gasteiger partial charge is 1.00 e. The molecule has 3 aliphatic rings. The molecule has 0 unspecified atom stereocenters. The van der Waals surface area contributed by atoms with Crippen LogP contribution in [0.2, 0.25) is 0 Å². The van der Waals surface area contributed by atoms with Crippen molar-refractivity contribution in [3.63, 3.8) is 0 Å². The van der Waals surface area contributed by atoms with Crippen LogP contribution < -0.4 is 17.3 Å². The van der Waals surface area contributed by atoms with E-state index in [1.54, 1.807) is 0 Å². The molecule has 0 radical (unpaired) electrons. The third kappa shape index (κ3) is 13.9. The molecule has 0 spiro atoms. The highest BCUT2D eigenvalue weighted by molar-refractivity contribution is 6.32. The molecule has 2 aromatic carbocycles. The molecule has 0 N–H and O–H groups in total. The van der Waals surface area contributed by atoms with E-state index in [0.717, 1.165) is 35.4 Å². The summed E-state index contributed by atoms with van der Waals surface area (Å²) >= 11 is 7.28. The van der Waals surface area contributed by atoms with Crippen molar-refractivity contribution in [2.75, 3.05) is 110 Å². The molecule has 0 bridgehead atoms. The smallest absolute Gasteiger partial charge is 0.209 e. The molecule has 14 nitrogen and oxygen atoms in total. The van der Waals surface area contributed by atoms with E-state index in [1.807, 2.05) is 0 Å². The molecule has 0 saturated carbocycles. The average Bonchev–Trinajstić information content (AvgIpc) is 3.61. The normalized spacial score (nSPS) is 17.7. The maximum absolute atomic E-state index is 8.34. The van der Waals surface area contributed by atoms with Gasteiger partial charge in [0.25, 0.3) is 0 Å². The van der Waals surface area contributed by atoms with Crippen LogP contribution in [0.1, 0.15) is 58.1 Å². The fourth-order valence-electron chi connectivity index (χ4n) is 8.03. The fourth-order valence-corrected chi connectivity index (χ4v) is 8.34. The highest BCUT2D eigenvalue weighted by atomic mass is 35.5. The van der Waals surface area contributed by atoms with Crippen molar-refractivity contribution in [3.05, 3.63) is 127 Å². The van der Waals surface area contributed by atoms with Crippen molar-refractivity contribution < 1.29 is 45.4 Å². The molecule has 16 heteroatoms. The van der Waals surface area contributed by atoms with Gasteiger partial charge in [0.1, 0.15) is 6.61 Å². The standard InChI is InChI=1S/C46H62ClN8O6.ClH/c1-45(2)38-12-5-7-14-40(38)54(22-26-58-30-34-60-32-28-56-24-20-50-52-48)42(45)18-16-36-10-9-11-37(44(36)47)17-19-43-46(3,4)39-13-6-8-15-41(39)55(43)23-27-59-31-35-61-33-29-57-25-21-51-53-49;/h5-8,12-19H,9-11,20-35H2,1-4H3;1H/q+1;/p-1. The second-order valence-electron chi connectivity index (χ2n) is 15.8. The summed E-state index contributed by atoms with van der Waals surface area (Å²) in [7, 11) is 0. The van der Waals surface area contributed by atoms with Crippen molar-refractivity contribution in [1.82, 2.24) is 0 Å². The van der Waals surface area contributed by atoms with Gasteiger partial charge in [-0.3, -0.25) is 0 Å². The molecule has 5 rings (SSSR count). The highest BCUT2D eigenvalue weighted by Crippen LogP contribution is 2.48. The predicted molar refractivity (Wildman–Crippen MR) is 241 cm³/mol. The van der Waals surface area contributed by atoms with Gasteiger partial charge in [-0.1, -0.05) is 84.2 Å². The Morgan fingerprint density at radius 2 is 1.23 bits per heavy atom. The molecule has 2 heterocycles. The van der Waals surface area contributed by atoms with Gasteiger partial charge < -0.3 is 45.7 Å². The molecule has 0 atom stereocenters. The zero-order chi connectivity index (χ0) is 43.3. The van der Waals surface area contributed by atoms with Crippen LogP contribution in [0.15, 0.2) is 105 Å². The van der Waals surface area contributed by atoms with Crippen molar-refractivity contribution >= 4 is 28.7 Å². The number of rotatable bonds is 27. The van der Waals surface area contributed by atoms with Gasteiger partial charge in [-0.05, 0) is 73.0 Å². The number of ether oxygens (including phenoxy) is 6. The Morgan fingerprint density at radius 3 is 1.85 bits per heavy atom. The van der Waals surface area contributed by atoms with Crippen LogP contribution in [0.25, 0.3) is 20.9 Å². The second kappa shape index (κ2) is 26.5. The van der Waals surface area contributed by atoms with E-state index in [2.05, 4.69) is 130 Å². The zero-order valence-electron chi connectivity index (χ0n) is 36.6. The molecule has 0 saturated heterocycles. The van der Waals surface area contributed by atoms with Crippen LogP contribution in [0.3, 0.4) is 0 Å². The lowest BCUT2D eigenvalue weighted by molar-refractivity contribution is -0.442. The third-order valence-electron chi connectivity index (χ3n) is 11.1. The monoisotopic (exact) mass is 892 g/mol. The minimum absolute atomic E-state index is 0. The van der Waals surface area contributed by atoms with E-state index < -0.39 is 0 Å². The maximum atomic E-state index is 8.34. The molecule has 0 aromatic heterocycles. The number of halogens is 2. The van der Waals surface area contributed by atoms with Gasteiger partial charge in [0, 0.05) is 69.0 Å². The van der Waals surface area contributed by atoms with Gasteiger partial charge in [0.2, 0.25) is 5.69 Å². The number of hydrogen-bond donors (Lipinski definition) is 0. The maximum Gasteiger partial charge on any atom is 0.209 e. The number of benzene rings is 2. The van der Waals surface area contributed by atoms with Gasteiger partial charge in [-0.15, -0.1) is 0 Å². The van der Waals surface area contributed by atoms with Gasteiger partial charge in [-0.2, -0.15) is 4.58 Å². The van der Waals surface area contributed by atoms with Crippen LogP contribution in [0.5, 0.6) is 0 Å². The molecule has 1 aliphatic carbocycles. The van der Waals surface area contributed by atoms with Gasteiger partial charge >= 0.3 is 0 Å². The molecule has 2 aromatic rings. The molecule has 336 valence electrons. The quantitative estimate of drug-likeness (QED) is 0.0320. The van der Waals surface area contributed by atoms with E-state index in [4.69, 9.17) is 51.1 Å². The molecule has 0 fully saturated rings. The summed E-state index contributed by atoms with van der Waals surface area (Å²) in [6, 6.07) is 17.2. The van der Waals surface area contributed by atoms with E-state index in [1.165, 1.54) is 33.9 Å². The van der Waals surface area contributed by atoms with Crippen molar-refractivity contribution in [2.45, 2.75) is 57.8 Å². The Bertz CT molecular complexity index is 2020. The van der Waals surface area contributed by atoms with E-state index in [-0.39, 0.29) is 23.2 Å². The topological polar surface area (TPSA) is 159 Å². The zero-order valence-corrected chi connectivity index (χ0v) is 38.2. The van der Waals surface area contributed by atoms with Gasteiger partial charge in [0.05, 0.1) is 78.1 Å². The molecular weight excluding hydrogens is 831 g/mol. The van der Waals surface area contributed by atoms with E-state index in [9.17, 15) is 0 Å². The number of fused-ring (bicyclic) bond motifs is 2. The lowest BCUT2D eigenvalue weighted by Gasteiger charge is -2.27. The first-order valence-corrected chi connectivity index (χ1v) is 21.7. The van der Waals surface area contributed by atoms with Crippen LogP contribution >= 0.6 is 11.6 Å². The first-order valence-electron chi connectivity index (χ1n) is 21.3. The fraction of sp³-hybridized carbons (Fsp3) is 0.543. The third-order valence-corrected chi connectivity index (χ3v) is 11.6. The Balaban J connectivity index is 0.00000845. The van der Waals surface area contributed by atoms with Crippen molar-refractivity contribution in [3.8, 4) is 0 Å². The van der Waals surface area contributed by atoms with Crippen molar-refractivity contribution in [1.29, 1.82) is 0 Å². The van der Waals surface area contributed by atoms with Crippen LogP contribution in [0, 0.1) is 0 Å². The number of anilines is 1. The highest BCUT2D eigenvalue weighted by Gasteiger charge is 2.44. The van der Waals surface area contributed by atoms with Gasteiger partial charge in [0.15, 0.2) is 12.3 Å². The lowest BCUT2D eigenvalue weighted by atomic mass is 9.81. The number of allylic oxidation sites excluding steroid dienone is 8. The van der Waals surface area contributed by atoms with E-state index >= 15 is 0 Å². The first-order chi connectivity index (χ1) is 29.7. The molecule has 0 amide bonds. The Labute approximate surface area is 377 Å². The summed E-state index contributed by atoms with van der Waals surface area (Å²) < 4.78 is 36.4. The molecule has 2 aliphatic heterocycles. The number of para-hydroxylation sites is 2. The summed E-state index contributed by atoms with van der Waals surface area (Å²) in [4.78, 5) is 7.81. The Morgan fingerprint density at radius 1 is 0.677 bits per heavy atom. The SMILES string of the molecule is CC1(C)C(/C=C/C2=C(Cl)C(=C\C=C3/N(CCOCCOCCOCCN=[N+]=[N-])c4ccccc4C3(C)C)/CCC2)=[N+](CCOCCOCCOCCN=[N+]=[N-])c2ccccc21.[Cl-]. The van der Waals surface area contributed by atoms with Crippen LogP contribution in [-0.2, 0) is 39.3 Å². The minimum Gasteiger partial charge on any atom is -1.00 e. The van der Waals surface area contributed by atoms with E-state index in [0.29, 0.717) is 105 Å². The summed E-state index contributed by atoms with van der Waals surface area (Å²) in [6.45, 7) is 16.8. The minimum atomic E-state index is -0.201. The number of nitrogens with zero attached hydrogens (tertiary/aromatic N) is 8. The molecular formula is C46H62Cl2N8O6. The number of hydrogen-bond acceptors (Lipinski definition) is 9. The Kier molecular flexibility index (Phi) is 21.5. The first kappa shape index (κ1) is 50.5. The van der Waals surface area contributed by atoms with Crippen molar-refractivity contribution in [2.24, 2.45) is 10.2 Å². The average molecular weight is 894 g/mol. The van der Waals surface area contributed by atoms with Crippen LogP contribution in [0.4, 0.5) is 11.4 Å². The predicted octanol–water partition coefficient (Wildman–Crippen LogP) is 6.63. The summed E-state index contributed by atoms with van der Waals surface area (Å²) in [5.41, 5.74) is 26.0. The van der Waals surface area contributed by atoms with Gasteiger partial charge in [-0.25, -0.2) is 0 Å². The Hall–Kier alpha value is -4.17.